The third-order valence-electron chi connectivity index (χ3n) is 8.65. The van der Waals surface area contributed by atoms with Crippen LogP contribution in [0.25, 0.3) is 16.7 Å². The van der Waals surface area contributed by atoms with Crippen molar-refractivity contribution >= 4 is 5.57 Å². The van der Waals surface area contributed by atoms with Crippen LogP contribution in [0.4, 0.5) is 0 Å². The van der Waals surface area contributed by atoms with Crippen molar-refractivity contribution in [2.75, 3.05) is 0 Å². The van der Waals surface area contributed by atoms with Crippen LogP contribution >= 0.6 is 0 Å². The van der Waals surface area contributed by atoms with Gasteiger partial charge in [-0.15, -0.1) is 0 Å². The molecule has 0 saturated carbocycles. The largest absolute Gasteiger partial charge is 0.449 e. The molecule has 0 saturated heterocycles. The second kappa shape index (κ2) is 8.86. The average Bonchev–Trinajstić information content (AvgIpc) is 3.32. The highest BCUT2D eigenvalue weighted by Gasteiger charge is 2.49. The van der Waals surface area contributed by atoms with Crippen molar-refractivity contribution in [1.29, 1.82) is 0 Å². The van der Waals surface area contributed by atoms with E-state index >= 15 is 0 Å². The molecule has 2 heteroatoms. The van der Waals surface area contributed by atoms with Gasteiger partial charge < -0.3 is 9.47 Å². The van der Waals surface area contributed by atoms with E-state index in [4.69, 9.17) is 9.47 Å². The second-order valence-corrected chi connectivity index (χ2v) is 10.8. The Kier molecular flexibility index (Phi) is 5.12. The maximum atomic E-state index is 6.85. The molecule has 0 amide bonds. The summed E-state index contributed by atoms with van der Waals surface area (Å²) in [5.41, 5.74) is 10.8. The molecule has 1 aliphatic heterocycles. The van der Waals surface area contributed by atoms with E-state index in [2.05, 4.69) is 128 Å². The number of hydrogen-bond donors (Lipinski definition) is 0. The van der Waals surface area contributed by atoms with Gasteiger partial charge in [0, 0.05) is 5.56 Å². The first-order valence-corrected chi connectivity index (χ1v) is 14.0. The smallest absolute Gasteiger partial charge is 0.177 e. The van der Waals surface area contributed by atoms with Gasteiger partial charge in [-0.3, -0.25) is 0 Å². The van der Waals surface area contributed by atoms with E-state index in [1.54, 1.807) is 0 Å². The maximum Gasteiger partial charge on any atom is 0.177 e. The fourth-order valence-corrected chi connectivity index (χ4v) is 6.91. The number of ether oxygens (including phenoxy) is 2. The predicted octanol–water partition coefficient (Wildman–Crippen LogP) is 10.0. The minimum atomic E-state index is -0.425. The van der Waals surface area contributed by atoms with Crippen LogP contribution in [0, 0.1) is 6.92 Å². The number of benzene rings is 5. The number of aryl methyl sites for hydroxylation is 1. The number of hydrogen-bond acceptors (Lipinski definition) is 2. The van der Waals surface area contributed by atoms with Gasteiger partial charge in [-0.05, 0) is 82.5 Å². The van der Waals surface area contributed by atoms with Gasteiger partial charge in [0.2, 0.25) is 0 Å². The first-order chi connectivity index (χ1) is 19.7. The normalized spacial score (nSPS) is 15.8. The average molecular weight is 517 g/mol. The van der Waals surface area contributed by atoms with Gasteiger partial charge in [0.1, 0.15) is 0 Å². The summed E-state index contributed by atoms with van der Waals surface area (Å²) in [5.74, 6) is 3.10. The molecule has 5 aromatic carbocycles. The van der Waals surface area contributed by atoms with Gasteiger partial charge in [-0.2, -0.15) is 0 Å². The van der Waals surface area contributed by atoms with Crippen LogP contribution in [0.3, 0.4) is 0 Å². The molecule has 0 bridgehead atoms. The first kappa shape index (κ1) is 23.1. The zero-order valence-corrected chi connectivity index (χ0v) is 22.4. The topological polar surface area (TPSA) is 18.5 Å². The van der Waals surface area contributed by atoms with Gasteiger partial charge >= 0.3 is 0 Å². The van der Waals surface area contributed by atoms with Gasteiger partial charge in [-0.25, -0.2) is 0 Å². The standard InChI is InChI=1S/C38H28O2/c1-25-12-8-9-17-29(25)26-20-22-33-35(24-26)40-37-34(39-33)23-21-32-36(37)30-18-10-11-19-31(30)38(32,27-13-4-2-5-14-27)28-15-6-3-7-16-28/h2-9,11-17,19-24H,10,18H2,1H3. The van der Waals surface area contributed by atoms with Crippen molar-refractivity contribution in [3.05, 3.63) is 161 Å². The zero-order chi connectivity index (χ0) is 26.7. The van der Waals surface area contributed by atoms with Crippen molar-refractivity contribution in [1.82, 2.24) is 0 Å². The minimum absolute atomic E-state index is 0.425. The van der Waals surface area contributed by atoms with Gasteiger partial charge in [0.15, 0.2) is 23.0 Å². The highest BCUT2D eigenvalue weighted by molar-refractivity contribution is 5.92. The lowest BCUT2D eigenvalue weighted by atomic mass is 9.66. The van der Waals surface area contributed by atoms with Crippen LogP contribution in [0.1, 0.15) is 40.7 Å². The lowest BCUT2D eigenvalue weighted by Crippen LogP contribution is -2.29. The Bertz CT molecular complexity index is 1800. The first-order valence-electron chi connectivity index (χ1n) is 14.0. The lowest BCUT2D eigenvalue weighted by Gasteiger charge is -2.35. The highest BCUT2D eigenvalue weighted by atomic mass is 16.6. The zero-order valence-electron chi connectivity index (χ0n) is 22.4. The molecule has 40 heavy (non-hydrogen) atoms. The van der Waals surface area contributed by atoms with Crippen molar-refractivity contribution in [3.8, 4) is 34.1 Å². The second-order valence-electron chi connectivity index (χ2n) is 10.8. The van der Waals surface area contributed by atoms with Gasteiger partial charge in [0.05, 0.1) is 5.41 Å². The Morgan fingerprint density at radius 1 is 0.650 bits per heavy atom. The Labute approximate surface area is 234 Å². The Morgan fingerprint density at radius 2 is 1.35 bits per heavy atom. The molecular weight excluding hydrogens is 488 g/mol. The summed E-state index contributed by atoms with van der Waals surface area (Å²) in [6.07, 6.45) is 6.64. The molecule has 0 fully saturated rings. The van der Waals surface area contributed by atoms with Crippen molar-refractivity contribution in [2.24, 2.45) is 0 Å². The van der Waals surface area contributed by atoms with Crippen molar-refractivity contribution < 1.29 is 9.47 Å². The van der Waals surface area contributed by atoms with E-state index in [-0.39, 0.29) is 0 Å². The Hall–Kier alpha value is -4.82. The summed E-state index contributed by atoms with van der Waals surface area (Å²) < 4.78 is 13.4. The Balaban J connectivity index is 1.36. The van der Waals surface area contributed by atoms with Crippen molar-refractivity contribution in [2.45, 2.75) is 25.2 Å². The van der Waals surface area contributed by atoms with Crippen LogP contribution in [0.2, 0.25) is 0 Å². The van der Waals surface area contributed by atoms with Crippen LogP contribution in [-0.4, -0.2) is 0 Å². The molecule has 5 aromatic rings. The molecule has 0 spiro atoms. The fraction of sp³-hybridized carbons (Fsp3) is 0.105. The van der Waals surface area contributed by atoms with Crippen LogP contribution in [0.5, 0.6) is 23.0 Å². The summed E-state index contributed by atoms with van der Waals surface area (Å²) in [5, 5.41) is 0. The van der Waals surface area contributed by atoms with Gasteiger partial charge in [-0.1, -0.05) is 109 Å². The molecule has 0 N–H and O–H groups in total. The molecule has 0 aromatic heterocycles. The number of rotatable bonds is 3. The maximum absolute atomic E-state index is 6.85. The molecule has 0 radical (unpaired) electrons. The van der Waals surface area contributed by atoms with Crippen LogP contribution in [-0.2, 0) is 5.41 Å². The molecule has 2 aliphatic carbocycles. The van der Waals surface area contributed by atoms with E-state index in [0.717, 1.165) is 41.4 Å². The fourth-order valence-electron chi connectivity index (χ4n) is 6.91. The summed E-state index contributed by atoms with van der Waals surface area (Å²) in [7, 11) is 0. The van der Waals surface area contributed by atoms with Crippen LogP contribution < -0.4 is 9.47 Å². The molecule has 0 unspecified atom stereocenters. The van der Waals surface area contributed by atoms with E-state index in [9.17, 15) is 0 Å². The third kappa shape index (κ3) is 3.23. The van der Waals surface area contributed by atoms with E-state index in [1.165, 1.54) is 44.5 Å². The molecular formula is C38H28O2. The predicted molar refractivity (Wildman–Crippen MR) is 161 cm³/mol. The van der Waals surface area contributed by atoms with E-state index < -0.39 is 5.41 Å². The third-order valence-corrected chi connectivity index (χ3v) is 8.65. The summed E-state index contributed by atoms with van der Waals surface area (Å²) in [6, 6.07) is 40.9. The molecule has 2 nitrogen and oxygen atoms in total. The van der Waals surface area contributed by atoms with Crippen LogP contribution in [0.15, 0.2) is 133 Å². The molecule has 8 rings (SSSR count). The number of allylic oxidation sites excluding steroid dienone is 4. The monoisotopic (exact) mass is 516 g/mol. The lowest BCUT2D eigenvalue weighted by molar-refractivity contribution is 0.358. The summed E-state index contributed by atoms with van der Waals surface area (Å²) in [4.78, 5) is 0. The SMILES string of the molecule is Cc1ccccc1-c1ccc2c(c1)Oc1c(ccc3c1C1=C(C=CCC1)C3(c1ccccc1)c1ccccc1)O2. The quantitative estimate of drug-likeness (QED) is 0.233. The summed E-state index contributed by atoms with van der Waals surface area (Å²) >= 11 is 0. The van der Waals surface area contributed by atoms with Crippen molar-refractivity contribution in [3.63, 3.8) is 0 Å². The van der Waals surface area contributed by atoms with Gasteiger partial charge in [0.25, 0.3) is 0 Å². The molecule has 192 valence electrons. The number of fused-ring (bicyclic) bond motifs is 5. The minimum Gasteiger partial charge on any atom is -0.449 e. The molecule has 0 atom stereocenters. The molecule has 1 heterocycles. The molecule has 3 aliphatic rings. The van der Waals surface area contributed by atoms with E-state index in [0.29, 0.717) is 0 Å². The highest BCUT2D eigenvalue weighted by Crippen LogP contribution is 2.62. The Morgan fingerprint density at radius 3 is 2.10 bits per heavy atom. The summed E-state index contributed by atoms with van der Waals surface area (Å²) in [6.45, 7) is 2.14. The van der Waals surface area contributed by atoms with E-state index in [1.807, 2.05) is 6.07 Å².